The molecule has 0 atom stereocenters. The molecule has 2 aromatic carbocycles. The van der Waals surface area contributed by atoms with Gasteiger partial charge in [0.25, 0.3) is 11.8 Å². The lowest BCUT2D eigenvalue weighted by Gasteiger charge is -2.09. The SMILES string of the molecule is O=C(CNC(=O)c1ccccc1Cl)Nc1cccc(C(=O)NC2CC2)c1. The zero-order valence-electron chi connectivity index (χ0n) is 13.9. The Bertz CT molecular complexity index is 849. The Labute approximate surface area is 155 Å². The van der Waals surface area contributed by atoms with E-state index < -0.39 is 11.8 Å². The topological polar surface area (TPSA) is 87.3 Å². The second-order valence-corrected chi connectivity index (χ2v) is 6.45. The number of halogens is 1. The standard InChI is InChI=1S/C19H18ClN3O3/c20-16-7-2-1-6-15(16)19(26)21-11-17(24)22-14-5-3-4-12(10-14)18(25)23-13-8-9-13/h1-7,10,13H,8-9,11H2,(H,21,26)(H,22,24)(H,23,25). The molecule has 0 radical (unpaired) electrons. The second kappa shape index (κ2) is 8.01. The van der Waals surface area contributed by atoms with Gasteiger partial charge >= 0.3 is 0 Å². The zero-order chi connectivity index (χ0) is 18.5. The molecule has 2 aromatic rings. The molecule has 3 amide bonds. The van der Waals surface area contributed by atoms with Gasteiger partial charge < -0.3 is 16.0 Å². The van der Waals surface area contributed by atoms with Gasteiger partial charge in [-0.25, -0.2) is 0 Å². The third-order valence-electron chi connectivity index (χ3n) is 3.85. The lowest BCUT2D eigenvalue weighted by atomic mass is 10.2. The molecule has 1 saturated carbocycles. The summed E-state index contributed by atoms with van der Waals surface area (Å²) in [5, 5.41) is 8.39. The van der Waals surface area contributed by atoms with E-state index in [0.717, 1.165) is 12.8 Å². The van der Waals surface area contributed by atoms with Gasteiger partial charge in [-0.3, -0.25) is 14.4 Å². The van der Waals surface area contributed by atoms with Crippen molar-refractivity contribution in [1.29, 1.82) is 0 Å². The van der Waals surface area contributed by atoms with Gasteiger partial charge in [0.2, 0.25) is 5.91 Å². The van der Waals surface area contributed by atoms with E-state index in [9.17, 15) is 14.4 Å². The summed E-state index contributed by atoms with van der Waals surface area (Å²) in [6.07, 6.45) is 2.01. The maximum absolute atomic E-state index is 12.0. The van der Waals surface area contributed by atoms with E-state index in [4.69, 9.17) is 11.6 Å². The van der Waals surface area contributed by atoms with E-state index in [0.29, 0.717) is 21.8 Å². The number of benzene rings is 2. The van der Waals surface area contributed by atoms with Crippen LogP contribution in [0.3, 0.4) is 0 Å². The number of amides is 3. The summed E-state index contributed by atoms with van der Waals surface area (Å²) in [5.41, 5.74) is 1.28. The van der Waals surface area contributed by atoms with Crippen LogP contribution >= 0.6 is 11.6 Å². The molecule has 0 aliphatic heterocycles. The first-order valence-electron chi connectivity index (χ1n) is 8.26. The summed E-state index contributed by atoms with van der Waals surface area (Å²) in [5.74, 6) is -0.982. The summed E-state index contributed by atoms with van der Waals surface area (Å²) < 4.78 is 0. The first-order valence-corrected chi connectivity index (χ1v) is 8.64. The predicted octanol–water partition coefficient (Wildman–Crippen LogP) is 2.60. The normalized spacial score (nSPS) is 13.0. The first kappa shape index (κ1) is 17.9. The van der Waals surface area contributed by atoms with Crippen LogP contribution in [0, 0.1) is 0 Å². The summed E-state index contributed by atoms with van der Waals surface area (Å²) in [4.78, 5) is 36.1. The molecular formula is C19H18ClN3O3. The van der Waals surface area contributed by atoms with Crippen molar-refractivity contribution in [2.75, 3.05) is 11.9 Å². The molecule has 1 aliphatic carbocycles. The van der Waals surface area contributed by atoms with Crippen LogP contribution in [0.1, 0.15) is 33.6 Å². The zero-order valence-corrected chi connectivity index (χ0v) is 14.7. The highest BCUT2D eigenvalue weighted by atomic mass is 35.5. The molecule has 7 heteroatoms. The minimum Gasteiger partial charge on any atom is -0.349 e. The molecule has 0 unspecified atom stereocenters. The van der Waals surface area contributed by atoms with E-state index >= 15 is 0 Å². The number of carbonyl (C=O) groups is 3. The number of nitrogens with one attached hydrogen (secondary N) is 3. The van der Waals surface area contributed by atoms with E-state index in [1.54, 1.807) is 48.5 Å². The van der Waals surface area contributed by atoms with Gasteiger partial charge in [0.15, 0.2) is 0 Å². The smallest absolute Gasteiger partial charge is 0.253 e. The average molecular weight is 372 g/mol. The molecule has 3 rings (SSSR count). The summed E-state index contributed by atoms with van der Waals surface area (Å²) in [6.45, 7) is -0.206. The molecule has 6 nitrogen and oxygen atoms in total. The molecule has 3 N–H and O–H groups in total. The van der Waals surface area contributed by atoms with E-state index in [2.05, 4.69) is 16.0 Å². The van der Waals surface area contributed by atoms with Gasteiger partial charge in [-0.1, -0.05) is 29.8 Å². The third-order valence-corrected chi connectivity index (χ3v) is 4.18. The van der Waals surface area contributed by atoms with Gasteiger partial charge in [0.1, 0.15) is 0 Å². The molecule has 134 valence electrons. The summed E-state index contributed by atoms with van der Waals surface area (Å²) in [7, 11) is 0. The van der Waals surface area contributed by atoms with E-state index in [1.807, 2.05) is 0 Å². The van der Waals surface area contributed by atoms with Crippen molar-refractivity contribution in [3.8, 4) is 0 Å². The number of hydrogen-bond acceptors (Lipinski definition) is 3. The molecule has 26 heavy (non-hydrogen) atoms. The van der Waals surface area contributed by atoms with Crippen LogP contribution in [0.4, 0.5) is 5.69 Å². The fourth-order valence-electron chi connectivity index (χ4n) is 2.34. The van der Waals surface area contributed by atoms with Crippen molar-refractivity contribution in [3.63, 3.8) is 0 Å². The lowest BCUT2D eigenvalue weighted by molar-refractivity contribution is -0.115. The molecule has 0 spiro atoms. The van der Waals surface area contributed by atoms with Crippen LogP contribution in [0.15, 0.2) is 48.5 Å². The van der Waals surface area contributed by atoms with Crippen molar-refractivity contribution < 1.29 is 14.4 Å². The number of carbonyl (C=O) groups excluding carboxylic acids is 3. The number of rotatable bonds is 6. The van der Waals surface area contributed by atoms with Crippen molar-refractivity contribution in [2.45, 2.75) is 18.9 Å². The Kier molecular flexibility index (Phi) is 5.53. The summed E-state index contributed by atoms with van der Waals surface area (Å²) in [6, 6.07) is 13.5. The molecular weight excluding hydrogens is 354 g/mol. The van der Waals surface area contributed by atoms with Crippen LogP contribution in [-0.2, 0) is 4.79 Å². The van der Waals surface area contributed by atoms with Crippen LogP contribution in [0.5, 0.6) is 0 Å². The highest BCUT2D eigenvalue weighted by molar-refractivity contribution is 6.33. The minimum absolute atomic E-state index is 0.157. The van der Waals surface area contributed by atoms with Gasteiger partial charge in [-0.15, -0.1) is 0 Å². The Hall–Kier alpha value is -2.86. The quantitative estimate of drug-likeness (QED) is 0.729. The Morgan fingerprint density at radius 1 is 1.00 bits per heavy atom. The van der Waals surface area contributed by atoms with E-state index in [-0.39, 0.29) is 18.5 Å². The fraction of sp³-hybridized carbons (Fsp3) is 0.211. The molecule has 1 aliphatic rings. The molecule has 1 fully saturated rings. The molecule has 0 bridgehead atoms. The highest BCUT2D eigenvalue weighted by Gasteiger charge is 2.23. The minimum atomic E-state index is -0.427. The third kappa shape index (κ3) is 4.83. The largest absolute Gasteiger partial charge is 0.349 e. The summed E-state index contributed by atoms with van der Waals surface area (Å²) >= 11 is 5.95. The maximum Gasteiger partial charge on any atom is 0.253 e. The monoisotopic (exact) mass is 371 g/mol. The molecule has 0 saturated heterocycles. The van der Waals surface area contributed by atoms with Gasteiger partial charge in [-0.05, 0) is 43.2 Å². The number of anilines is 1. The Morgan fingerprint density at radius 2 is 1.77 bits per heavy atom. The van der Waals surface area contributed by atoms with E-state index in [1.165, 1.54) is 0 Å². The van der Waals surface area contributed by atoms with Gasteiger partial charge in [-0.2, -0.15) is 0 Å². The van der Waals surface area contributed by atoms with Crippen molar-refractivity contribution in [3.05, 3.63) is 64.7 Å². The van der Waals surface area contributed by atoms with Crippen molar-refractivity contribution in [2.24, 2.45) is 0 Å². The fourth-order valence-corrected chi connectivity index (χ4v) is 2.56. The average Bonchev–Trinajstić information content (AvgIpc) is 3.44. The lowest BCUT2D eigenvalue weighted by Crippen LogP contribution is -2.33. The van der Waals surface area contributed by atoms with Crippen molar-refractivity contribution >= 4 is 35.0 Å². The van der Waals surface area contributed by atoms with Crippen LogP contribution < -0.4 is 16.0 Å². The van der Waals surface area contributed by atoms with Crippen LogP contribution in [-0.4, -0.2) is 30.3 Å². The van der Waals surface area contributed by atoms with Crippen molar-refractivity contribution in [1.82, 2.24) is 10.6 Å². The second-order valence-electron chi connectivity index (χ2n) is 6.04. The highest BCUT2D eigenvalue weighted by Crippen LogP contribution is 2.20. The Morgan fingerprint density at radius 3 is 2.50 bits per heavy atom. The van der Waals surface area contributed by atoms with Crippen LogP contribution in [0.2, 0.25) is 5.02 Å². The van der Waals surface area contributed by atoms with Gasteiger partial charge in [0.05, 0.1) is 17.1 Å². The molecule has 0 aromatic heterocycles. The predicted molar refractivity (Wildman–Crippen MR) is 99.3 cm³/mol. The maximum atomic E-state index is 12.0. The van der Waals surface area contributed by atoms with Gasteiger partial charge in [0, 0.05) is 17.3 Å². The first-order chi connectivity index (χ1) is 12.5. The molecule has 0 heterocycles. The Balaban J connectivity index is 1.54. The number of hydrogen-bond donors (Lipinski definition) is 3. The van der Waals surface area contributed by atoms with Crippen LogP contribution in [0.25, 0.3) is 0 Å².